The average Bonchev–Trinajstić information content (AvgIpc) is 2.81. The molecule has 1 aromatic heterocycles. The summed E-state index contributed by atoms with van der Waals surface area (Å²) in [5, 5.41) is 10.2. The summed E-state index contributed by atoms with van der Waals surface area (Å²) in [4.78, 5) is 0. The average molecular weight is 395 g/mol. The van der Waals surface area contributed by atoms with Gasteiger partial charge in [0.2, 0.25) is 0 Å². The number of nitrogens with zero attached hydrogens (tertiary/aromatic N) is 2. The molecule has 24 heavy (non-hydrogen) atoms. The predicted octanol–water partition coefficient (Wildman–Crippen LogP) is 1.28. The van der Waals surface area contributed by atoms with Gasteiger partial charge < -0.3 is 0 Å². The summed E-state index contributed by atoms with van der Waals surface area (Å²) in [5.41, 5.74) is 1.90. The molecule has 0 radical (unpaired) electrons. The molecule has 0 amide bonds. The number of nitrogens with one attached hydrogen (secondary N) is 1. The first-order chi connectivity index (χ1) is 10.2. The molecule has 0 saturated carbocycles. The van der Waals surface area contributed by atoms with E-state index in [-0.39, 0.29) is 18.9 Å². The van der Waals surface area contributed by atoms with Crippen LogP contribution in [0.2, 0.25) is 0 Å². The molecule has 0 bridgehead atoms. The van der Waals surface area contributed by atoms with Crippen molar-refractivity contribution in [3.8, 4) is 0 Å². The number of benzene rings is 1. The van der Waals surface area contributed by atoms with E-state index in [0.29, 0.717) is 6.61 Å². The fraction of sp³-hybridized carbons (Fsp3) is 0.333. The summed E-state index contributed by atoms with van der Waals surface area (Å²) < 4.78 is 82.5. The Morgan fingerprint density at radius 1 is 1.12 bits per heavy atom. The summed E-state index contributed by atoms with van der Waals surface area (Å²) in [5.74, 6) is 0. The van der Waals surface area contributed by atoms with Crippen molar-refractivity contribution in [2.24, 2.45) is 0 Å². The Bertz CT molecular complexity index is 645. The summed E-state index contributed by atoms with van der Waals surface area (Å²) in [7, 11) is -13.3. The second-order valence-corrected chi connectivity index (χ2v) is 6.47. The molecule has 1 aromatic carbocycles. The van der Waals surface area contributed by atoms with Crippen molar-refractivity contribution >= 4 is 29.8 Å². The van der Waals surface area contributed by atoms with Crippen LogP contribution in [0.25, 0.3) is 11.0 Å². The maximum absolute atomic E-state index is 10.7. The van der Waals surface area contributed by atoms with Crippen LogP contribution < -0.4 is 18.9 Å². The van der Waals surface area contributed by atoms with Gasteiger partial charge in [0.05, 0.1) is 12.1 Å². The maximum Gasteiger partial charge on any atom is 1.00 e. The largest absolute Gasteiger partial charge is 1.00 e. The van der Waals surface area contributed by atoms with Gasteiger partial charge in [0.25, 0.3) is 11.0 Å². The van der Waals surface area contributed by atoms with E-state index in [2.05, 4.69) is 19.6 Å². The monoisotopic (exact) mass is 395 g/mol. The predicted molar refractivity (Wildman–Crippen MR) is 74.0 cm³/mol. The molecule has 2 aromatic rings. The summed E-state index contributed by atoms with van der Waals surface area (Å²) in [6.45, 7) is 2.15. The van der Waals surface area contributed by atoms with Crippen molar-refractivity contribution in [3.05, 3.63) is 24.3 Å². The van der Waals surface area contributed by atoms with Gasteiger partial charge in [-0.1, -0.05) is 24.3 Å². The number of fused-ring (bicyclic) bond motifs is 1. The van der Waals surface area contributed by atoms with E-state index in [1.54, 1.807) is 0 Å². The zero-order valence-electron chi connectivity index (χ0n) is 12.5. The molecule has 0 saturated heterocycles. The van der Waals surface area contributed by atoms with Crippen molar-refractivity contribution in [1.82, 2.24) is 15.4 Å². The quantitative estimate of drug-likeness (QED) is 0.354. The summed E-state index contributed by atoms with van der Waals surface area (Å²) in [6.07, 6.45) is 0.739. The Balaban J connectivity index is 0. The molecule has 15 heteroatoms. The van der Waals surface area contributed by atoms with Crippen molar-refractivity contribution in [3.63, 3.8) is 0 Å². The fourth-order valence-electron chi connectivity index (χ4n) is 0.954. The molecule has 6 nitrogen and oxygen atoms in total. The van der Waals surface area contributed by atoms with Gasteiger partial charge in [0.1, 0.15) is 5.52 Å². The molecule has 136 valence electrons. The zero-order valence-corrected chi connectivity index (χ0v) is 14.3. The molecule has 0 spiro atoms. The van der Waals surface area contributed by atoms with Crippen LogP contribution in [0.3, 0.4) is 0 Å². The number of hydrogen-bond acceptors (Lipinski definition) is 5. The van der Waals surface area contributed by atoms with E-state index in [9.17, 15) is 33.6 Å². The van der Waals surface area contributed by atoms with Crippen LogP contribution in [0.15, 0.2) is 24.3 Å². The molecule has 0 aliphatic heterocycles. The van der Waals surface area contributed by atoms with E-state index in [1.165, 1.54) is 0 Å². The van der Waals surface area contributed by atoms with Gasteiger partial charge in [-0.2, -0.15) is 0 Å². The first kappa shape index (κ1) is 25.4. The molecule has 0 unspecified atom stereocenters. The molecule has 0 atom stereocenters. The second-order valence-electron chi connectivity index (χ2n) is 3.84. The minimum absolute atomic E-state index is 0. The molecule has 1 heterocycles. The topological polar surface area (TPSA) is 84.9 Å². The molecule has 0 aliphatic rings. The number of rotatable bonds is 3. The molecular weight excluding hydrogens is 382 g/mol. The van der Waals surface area contributed by atoms with Crippen LogP contribution in [0.5, 0.6) is 0 Å². The van der Waals surface area contributed by atoms with Crippen molar-refractivity contribution in [2.75, 3.05) is 6.61 Å². The maximum atomic E-state index is 9.87. The number of aromatic amines is 1. The normalized spacial score (nSPS) is 13.5. The van der Waals surface area contributed by atoms with E-state index in [1.807, 2.05) is 31.2 Å². The Morgan fingerprint density at radius 2 is 1.62 bits per heavy atom. The number of hydrogen-bond donors (Lipinski definition) is 2. The van der Waals surface area contributed by atoms with Crippen LogP contribution in [-0.2, 0) is 15.2 Å². The fourth-order valence-corrected chi connectivity index (χ4v) is 1.29. The molecular formula is C9H13F6LiN3O3PS. The van der Waals surface area contributed by atoms with Gasteiger partial charge in [-0.05, 0) is 18.6 Å². The smallest absolute Gasteiger partial charge is 0.258 e. The standard InChI is InChI=1S/C6H5N3.C3H8O3S.F6P.Li/c1-2-4-6-5(3-1)7-9-8-6;1-2-3-6-7(4)5;1-7(2,3,4,5)6;/h1-4H,(H,7,8,9);7H,2-3H2,1H3;;/q;;-1;+1. The Hall–Kier alpha value is -0.863. The second kappa shape index (κ2) is 9.01. The van der Waals surface area contributed by atoms with Crippen molar-refractivity contribution in [1.29, 1.82) is 0 Å². The minimum Gasteiger partial charge on any atom is -0.258 e. The van der Waals surface area contributed by atoms with Crippen LogP contribution in [0, 0.1) is 0 Å². The van der Waals surface area contributed by atoms with Gasteiger partial charge in [-0.25, -0.2) is 8.42 Å². The van der Waals surface area contributed by atoms with E-state index in [4.69, 9.17) is 0 Å². The van der Waals surface area contributed by atoms with Gasteiger partial charge >= 0.3 is 51.9 Å². The van der Waals surface area contributed by atoms with Crippen LogP contribution in [0.4, 0.5) is 25.2 Å². The Kier molecular flexibility index (Phi) is 9.52. The molecule has 0 fully saturated rings. The van der Waals surface area contributed by atoms with Gasteiger partial charge in [-0.15, -0.1) is 5.10 Å². The summed E-state index contributed by atoms with van der Waals surface area (Å²) >= 11 is 0. The van der Waals surface area contributed by atoms with E-state index >= 15 is 0 Å². The first-order valence-electron chi connectivity index (χ1n) is 5.78. The molecule has 2 rings (SSSR count). The SMILES string of the molecule is CCCO[SH](=O)=O.F[P-](F)(F)(F)(F)F.[Li+].c1ccc2[nH]nnc2c1. The van der Waals surface area contributed by atoms with E-state index in [0.717, 1.165) is 17.5 Å². The van der Waals surface area contributed by atoms with Gasteiger partial charge in [0.15, 0.2) is 0 Å². The van der Waals surface area contributed by atoms with Crippen molar-refractivity contribution < 1.29 is 56.6 Å². The molecule has 0 aliphatic carbocycles. The third-order valence-corrected chi connectivity index (χ3v) is 2.03. The number of para-hydroxylation sites is 1. The Morgan fingerprint density at radius 3 is 2.00 bits per heavy atom. The first-order valence-corrected chi connectivity index (χ1v) is 8.91. The number of halogens is 6. The van der Waals surface area contributed by atoms with Gasteiger partial charge in [0, 0.05) is 0 Å². The third kappa shape index (κ3) is 21.1. The zero-order chi connectivity index (χ0) is 18.2. The van der Waals surface area contributed by atoms with E-state index < -0.39 is 18.8 Å². The number of aromatic nitrogens is 3. The van der Waals surface area contributed by atoms with Crippen LogP contribution in [-0.4, -0.2) is 30.4 Å². The number of H-pyrrole nitrogens is 1. The summed E-state index contributed by atoms with van der Waals surface area (Å²) in [6, 6.07) is 7.74. The van der Waals surface area contributed by atoms with Crippen LogP contribution in [0.1, 0.15) is 13.3 Å². The number of thiol groups is 1. The molecule has 1 N–H and O–H groups in total. The van der Waals surface area contributed by atoms with Crippen LogP contribution >= 0.6 is 7.81 Å². The van der Waals surface area contributed by atoms with Gasteiger partial charge in [-0.3, -0.25) is 9.28 Å². The van der Waals surface area contributed by atoms with Crippen molar-refractivity contribution in [2.45, 2.75) is 13.3 Å². The Labute approximate surface area is 146 Å². The third-order valence-electron chi connectivity index (χ3n) is 1.63. The minimum atomic E-state index is -10.7.